The quantitative estimate of drug-likeness (QED) is 0.279. The van der Waals surface area contributed by atoms with E-state index in [1.165, 1.54) is 12.0 Å². The average molecular weight is 500 g/mol. The summed E-state index contributed by atoms with van der Waals surface area (Å²) in [6, 6.07) is 19.3. The van der Waals surface area contributed by atoms with E-state index in [4.69, 9.17) is 14.2 Å². The fourth-order valence-corrected chi connectivity index (χ4v) is 5.02. The van der Waals surface area contributed by atoms with E-state index >= 15 is 0 Å². The lowest BCUT2D eigenvalue weighted by Crippen LogP contribution is -2.29. The summed E-state index contributed by atoms with van der Waals surface area (Å²) in [4.78, 5) is 28.3. The molecule has 190 valence electrons. The molecule has 2 aliphatic rings. The van der Waals surface area contributed by atoms with Crippen molar-refractivity contribution in [2.45, 2.75) is 39.0 Å². The lowest BCUT2D eigenvalue weighted by Gasteiger charge is -2.26. The number of nitrogens with zero attached hydrogens (tertiary/aromatic N) is 1. The fraction of sp³-hybridized carbons (Fsp3) is 0.267. The number of methoxy groups -OCH3 is 1. The summed E-state index contributed by atoms with van der Waals surface area (Å²) in [5.41, 5.74) is 2.97. The van der Waals surface area contributed by atoms with Gasteiger partial charge in [-0.15, -0.1) is 0 Å². The number of carbonyl (C=O) groups excluding carboxylic acids is 2. The lowest BCUT2D eigenvalue weighted by molar-refractivity contribution is -0.140. The van der Waals surface area contributed by atoms with Crippen molar-refractivity contribution in [3.63, 3.8) is 0 Å². The summed E-state index contributed by atoms with van der Waals surface area (Å²) in [6.45, 7) is 4.53. The third-order valence-corrected chi connectivity index (χ3v) is 6.71. The lowest BCUT2D eigenvalue weighted by atomic mass is 9.94. The second kappa shape index (κ2) is 10.0. The number of amides is 1. The van der Waals surface area contributed by atoms with E-state index in [1.807, 2.05) is 50.2 Å². The molecule has 0 unspecified atom stereocenters. The topological polar surface area (TPSA) is 85.3 Å². The molecule has 5 rings (SSSR count). The van der Waals surface area contributed by atoms with Crippen LogP contribution in [-0.2, 0) is 22.6 Å². The first-order valence-electron chi connectivity index (χ1n) is 12.3. The van der Waals surface area contributed by atoms with E-state index in [0.29, 0.717) is 35.7 Å². The minimum absolute atomic E-state index is 0.0408. The van der Waals surface area contributed by atoms with Gasteiger partial charge in [0.15, 0.2) is 11.5 Å². The molecule has 2 heterocycles. The summed E-state index contributed by atoms with van der Waals surface area (Å²) in [5, 5.41) is 11.5. The van der Waals surface area contributed by atoms with Crippen molar-refractivity contribution in [3.05, 3.63) is 94.6 Å². The molecule has 1 N–H and O–H groups in total. The number of carbonyl (C=O) groups is 2. The molecule has 0 saturated carbocycles. The highest BCUT2D eigenvalue weighted by Crippen LogP contribution is 2.43. The van der Waals surface area contributed by atoms with Crippen LogP contribution in [0.1, 0.15) is 42.1 Å². The second-order valence-corrected chi connectivity index (χ2v) is 9.21. The van der Waals surface area contributed by atoms with Crippen LogP contribution in [0, 0.1) is 0 Å². The predicted octanol–water partition coefficient (Wildman–Crippen LogP) is 5.04. The van der Waals surface area contributed by atoms with Crippen LogP contribution in [0.15, 0.2) is 72.3 Å². The van der Waals surface area contributed by atoms with Crippen LogP contribution in [0.25, 0.3) is 5.76 Å². The van der Waals surface area contributed by atoms with Crippen molar-refractivity contribution in [1.29, 1.82) is 0 Å². The maximum absolute atomic E-state index is 13.4. The summed E-state index contributed by atoms with van der Waals surface area (Å²) >= 11 is 0. The minimum atomic E-state index is -0.812. The highest BCUT2D eigenvalue weighted by Gasteiger charge is 2.46. The Bertz CT molecular complexity index is 1380. The van der Waals surface area contributed by atoms with E-state index < -0.39 is 17.7 Å². The molecule has 0 spiro atoms. The van der Waals surface area contributed by atoms with Gasteiger partial charge in [0.2, 0.25) is 0 Å². The third kappa shape index (κ3) is 4.53. The van der Waals surface area contributed by atoms with Crippen molar-refractivity contribution in [1.82, 2.24) is 4.90 Å². The molecule has 2 atom stereocenters. The molecule has 2 aliphatic heterocycles. The van der Waals surface area contributed by atoms with Crippen LogP contribution >= 0.6 is 0 Å². The molecule has 3 aromatic rings. The van der Waals surface area contributed by atoms with Crippen LogP contribution in [0.5, 0.6) is 17.2 Å². The minimum Gasteiger partial charge on any atom is -0.507 e. The zero-order valence-electron chi connectivity index (χ0n) is 21.1. The zero-order valence-corrected chi connectivity index (χ0v) is 21.1. The monoisotopic (exact) mass is 499 g/mol. The van der Waals surface area contributed by atoms with Crippen LogP contribution in [0.4, 0.5) is 0 Å². The van der Waals surface area contributed by atoms with Crippen LogP contribution in [0.3, 0.4) is 0 Å². The molecular formula is C30H29NO6. The summed E-state index contributed by atoms with van der Waals surface area (Å²) in [5.74, 6) is 0.197. The van der Waals surface area contributed by atoms with Gasteiger partial charge < -0.3 is 24.2 Å². The molecule has 7 nitrogen and oxygen atoms in total. The van der Waals surface area contributed by atoms with Crippen LogP contribution in [0.2, 0.25) is 0 Å². The molecule has 0 bridgehead atoms. The Kier molecular flexibility index (Phi) is 6.61. The molecule has 1 amide bonds. The van der Waals surface area contributed by atoms with E-state index in [1.54, 1.807) is 30.3 Å². The molecular weight excluding hydrogens is 470 g/mol. The maximum atomic E-state index is 13.4. The highest BCUT2D eigenvalue weighted by molar-refractivity contribution is 6.46. The first-order valence-corrected chi connectivity index (χ1v) is 12.3. The Morgan fingerprint density at radius 1 is 1.05 bits per heavy atom. The van der Waals surface area contributed by atoms with Gasteiger partial charge in [-0.2, -0.15) is 0 Å². The third-order valence-electron chi connectivity index (χ3n) is 6.71. The van der Waals surface area contributed by atoms with Gasteiger partial charge in [0.05, 0.1) is 25.3 Å². The Balaban J connectivity index is 1.64. The van der Waals surface area contributed by atoms with Gasteiger partial charge in [-0.3, -0.25) is 9.59 Å². The van der Waals surface area contributed by atoms with E-state index in [2.05, 4.69) is 0 Å². The Hall–Kier alpha value is -4.26. The van der Waals surface area contributed by atoms with Gasteiger partial charge in [0.1, 0.15) is 17.6 Å². The Labute approximate surface area is 215 Å². The first-order chi connectivity index (χ1) is 17.9. The molecule has 7 heteroatoms. The van der Waals surface area contributed by atoms with Gasteiger partial charge in [-0.05, 0) is 60.9 Å². The van der Waals surface area contributed by atoms with E-state index in [0.717, 1.165) is 16.9 Å². The summed E-state index contributed by atoms with van der Waals surface area (Å²) in [6.07, 6.45) is 0.748. The van der Waals surface area contributed by atoms with E-state index in [-0.39, 0.29) is 24.0 Å². The number of likely N-dealkylation sites (tertiary alicyclic amines) is 1. The largest absolute Gasteiger partial charge is 0.507 e. The highest BCUT2D eigenvalue weighted by atomic mass is 16.5. The molecule has 0 radical (unpaired) electrons. The summed E-state index contributed by atoms with van der Waals surface area (Å²) in [7, 11) is 1.54. The number of ketones is 1. The smallest absolute Gasteiger partial charge is 0.295 e. The number of ether oxygens (including phenoxy) is 3. The number of benzene rings is 3. The number of hydrogen-bond donors (Lipinski definition) is 1. The molecule has 0 aromatic heterocycles. The number of aliphatic hydroxyl groups excluding tert-OH is 1. The van der Waals surface area contributed by atoms with Crippen LogP contribution < -0.4 is 14.2 Å². The zero-order chi connectivity index (χ0) is 26.1. The van der Waals surface area contributed by atoms with Gasteiger partial charge in [0.25, 0.3) is 11.7 Å². The number of aliphatic hydroxyl groups is 1. The molecule has 1 saturated heterocycles. The van der Waals surface area contributed by atoms with Gasteiger partial charge in [-0.1, -0.05) is 36.4 Å². The fourth-order valence-electron chi connectivity index (χ4n) is 5.02. The predicted molar refractivity (Wildman–Crippen MR) is 139 cm³/mol. The number of rotatable bonds is 7. The first kappa shape index (κ1) is 24.4. The average Bonchev–Trinajstić information content (AvgIpc) is 3.40. The Morgan fingerprint density at radius 2 is 1.84 bits per heavy atom. The molecule has 37 heavy (non-hydrogen) atoms. The number of Topliss-reactive ketones (excluding diaryl/α,β-unsaturated/α-hetero) is 1. The summed E-state index contributed by atoms with van der Waals surface area (Å²) < 4.78 is 17.0. The van der Waals surface area contributed by atoms with Crippen molar-refractivity contribution in [3.8, 4) is 17.2 Å². The SMILES string of the molecule is CCOc1ccc([C@@H]2/C(=C(\O)c3ccc4c(c3)C[C@@H](C)O4)C(=O)C(=O)N2Cc2ccccc2)cc1OC. The van der Waals surface area contributed by atoms with Crippen molar-refractivity contribution in [2.24, 2.45) is 0 Å². The number of hydrogen-bond acceptors (Lipinski definition) is 6. The maximum Gasteiger partial charge on any atom is 0.295 e. The number of fused-ring (bicyclic) bond motifs is 1. The molecule has 1 fully saturated rings. The van der Waals surface area contributed by atoms with Gasteiger partial charge >= 0.3 is 0 Å². The molecule has 3 aromatic carbocycles. The van der Waals surface area contributed by atoms with Gasteiger partial charge in [0, 0.05) is 18.5 Å². The van der Waals surface area contributed by atoms with E-state index in [9.17, 15) is 14.7 Å². The molecule has 0 aliphatic carbocycles. The van der Waals surface area contributed by atoms with Crippen LogP contribution in [-0.4, -0.2) is 41.5 Å². The van der Waals surface area contributed by atoms with Crippen molar-refractivity contribution >= 4 is 17.4 Å². The second-order valence-electron chi connectivity index (χ2n) is 9.21. The van der Waals surface area contributed by atoms with Crippen molar-refractivity contribution in [2.75, 3.05) is 13.7 Å². The Morgan fingerprint density at radius 3 is 2.57 bits per heavy atom. The van der Waals surface area contributed by atoms with Gasteiger partial charge in [-0.25, -0.2) is 0 Å². The normalized spacial score (nSPS) is 20.0. The standard InChI is InChI=1S/C30H29NO6/c1-4-36-24-13-10-20(16-25(24)35-3)27-26(28(32)21-11-12-23-22(15-21)14-18(2)37-23)29(33)30(34)31(27)17-19-8-6-5-7-9-19/h5-13,15-16,18,27,32H,4,14,17H2,1-3H3/b28-26+/t18-,27-/m1/s1. The van der Waals surface area contributed by atoms with Crippen molar-refractivity contribution < 1.29 is 28.9 Å².